The second kappa shape index (κ2) is 11.8. The minimum atomic E-state index is -3.23. The lowest BCUT2D eigenvalue weighted by atomic mass is 10.1. The van der Waals surface area contributed by atoms with Crippen molar-refractivity contribution < 1.29 is 18.6 Å². The smallest absolute Gasteiger partial charge is 0.161 e. The molecule has 0 atom stereocenters. The first-order valence-corrected chi connectivity index (χ1v) is 14.1. The van der Waals surface area contributed by atoms with Gasteiger partial charge in [0.05, 0.1) is 4.90 Å². The number of halogens is 1. The number of benzene rings is 3. The van der Waals surface area contributed by atoms with Gasteiger partial charge in [0.15, 0.2) is 11.5 Å². The van der Waals surface area contributed by atoms with Gasteiger partial charge >= 0.3 is 0 Å². The molecule has 2 N–H and O–H groups in total. The first-order chi connectivity index (χ1) is 16.9. The second-order valence-electron chi connectivity index (χ2n) is 8.72. The normalized spacial score (nSPS) is 14.1. The molecule has 0 aliphatic carbocycles. The van der Waals surface area contributed by atoms with Crippen LogP contribution in [0.3, 0.4) is 0 Å². The molecule has 0 radical (unpaired) electrons. The Hall–Kier alpha value is -2.00. The molecule has 0 aromatic heterocycles. The molecule has 1 aliphatic heterocycles. The number of unbranched alkanes of at least 4 members (excludes halogenated alkanes) is 1. The Labute approximate surface area is 214 Å². The molecule has 0 saturated heterocycles. The molecule has 0 unspecified atom stereocenters. The van der Waals surface area contributed by atoms with Gasteiger partial charge in [0.1, 0.15) is 13.2 Å². The third kappa shape index (κ3) is 6.23. The molecule has 1 heterocycles. The Morgan fingerprint density at radius 3 is 2.40 bits per heavy atom. The van der Waals surface area contributed by atoms with E-state index in [0.717, 1.165) is 54.6 Å². The third-order valence-corrected chi connectivity index (χ3v) is 8.71. The number of hydrogen-bond acceptors (Lipinski definition) is 6. The molecule has 0 fully saturated rings. The topological polar surface area (TPSA) is 65.4 Å². The van der Waals surface area contributed by atoms with Crippen molar-refractivity contribution in [1.82, 2.24) is 9.21 Å². The zero-order valence-electron chi connectivity index (χ0n) is 20.5. The highest BCUT2D eigenvalue weighted by Gasteiger charge is 2.26. The van der Waals surface area contributed by atoms with E-state index in [1.807, 2.05) is 48.5 Å². The quantitative estimate of drug-likeness (QED) is 0.269. The summed E-state index contributed by atoms with van der Waals surface area (Å²) in [4.78, 5) is 2.88. The fraction of sp³-hybridized carbons (Fsp3) is 0.407. The van der Waals surface area contributed by atoms with Gasteiger partial charge in [0, 0.05) is 23.5 Å². The Kier molecular flexibility index (Phi) is 8.81. The highest BCUT2D eigenvalue weighted by molar-refractivity contribution is 8.22. The largest absolute Gasteiger partial charge is 0.486 e. The molecule has 1 aliphatic rings. The van der Waals surface area contributed by atoms with Crippen molar-refractivity contribution in [2.24, 2.45) is 0 Å². The lowest BCUT2D eigenvalue weighted by Crippen LogP contribution is -2.30. The van der Waals surface area contributed by atoms with E-state index in [2.05, 4.69) is 18.7 Å². The summed E-state index contributed by atoms with van der Waals surface area (Å²) in [5.74, 6) is 1.43. The van der Waals surface area contributed by atoms with E-state index < -0.39 is 10.8 Å². The summed E-state index contributed by atoms with van der Waals surface area (Å²) < 4.78 is 36.3. The fourth-order valence-corrected chi connectivity index (χ4v) is 6.18. The van der Waals surface area contributed by atoms with Crippen LogP contribution >= 0.6 is 22.4 Å². The Morgan fingerprint density at radius 2 is 1.63 bits per heavy atom. The molecule has 3 aromatic carbocycles. The van der Waals surface area contributed by atoms with E-state index in [4.69, 9.17) is 21.1 Å². The maximum atomic E-state index is 11.5. The number of ether oxygens (including phenoxy) is 2. The Balaban J connectivity index is 1.58. The van der Waals surface area contributed by atoms with Crippen molar-refractivity contribution >= 4 is 33.1 Å². The van der Waals surface area contributed by atoms with Gasteiger partial charge in [-0.2, -0.15) is 4.31 Å². The lowest BCUT2D eigenvalue weighted by Gasteiger charge is -2.43. The zero-order chi connectivity index (χ0) is 24.8. The Bertz CT molecular complexity index is 1140. The second-order valence-corrected chi connectivity index (χ2v) is 11.1. The maximum Gasteiger partial charge on any atom is 0.161 e. The van der Waals surface area contributed by atoms with Gasteiger partial charge in [-0.15, -0.1) is 10.8 Å². The van der Waals surface area contributed by atoms with Crippen LogP contribution in [0.5, 0.6) is 11.5 Å². The summed E-state index contributed by atoms with van der Waals surface area (Å²) in [5, 5.41) is 2.43. The van der Waals surface area contributed by atoms with E-state index in [9.17, 15) is 9.11 Å². The van der Waals surface area contributed by atoms with Crippen molar-refractivity contribution in [3.05, 3.63) is 65.2 Å². The van der Waals surface area contributed by atoms with Crippen LogP contribution in [0.4, 0.5) is 0 Å². The zero-order valence-corrected chi connectivity index (χ0v) is 22.0. The van der Waals surface area contributed by atoms with E-state index >= 15 is 0 Å². The predicted octanol–water partition coefficient (Wildman–Crippen LogP) is 6.91. The standard InChI is InChI=1S/C27H35ClN2O4S/c1-3-29(4-2)14-5-6-15-30(20-21-10-13-26-27(18-21)34-17-16-33-26)35(31,32)23-11-12-24-22(19-23)8-7-9-25(24)28/h7-13,18-19,31-32H,3-6,14-17,20H2,1-2H3. The van der Waals surface area contributed by atoms with Gasteiger partial charge in [-0.05, 0) is 73.8 Å². The number of fused-ring (bicyclic) bond motifs is 2. The molecule has 0 spiro atoms. The summed E-state index contributed by atoms with van der Waals surface area (Å²) in [6.07, 6.45) is 1.85. The van der Waals surface area contributed by atoms with Crippen LogP contribution < -0.4 is 9.47 Å². The van der Waals surface area contributed by atoms with Crippen molar-refractivity contribution in [3.63, 3.8) is 0 Å². The molecular formula is C27H35ClN2O4S. The lowest BCUT2D eigenvalue weighted by molar-refractivity contribution is 0.171. The van der Waals surface area contributed by atoms with Crippen molar-refractivity contribution in [2.45, 2.75) is 38.1 Å². The van der Waals surface area contributed by atoms with Crippen LogP contribution in [-0.2, 0) is 6.54 Å². The summed E-state index contributed by atoms with van der Waals surface area (Å²) in [7, 11) is -3.23. The van der Waals surface area contributed by atoms with Gasteiger partial charge in [-0.1, -0.05) is 49.7 Å². The van der Waals surface area contributed by atoms with Crippen LogP contribution in [0.1, 0.15) is 32.3 Å². The molecule has 6 nitrogen and oxygen atoms in total. The monoisotopic (exact) mass is 518 g/mol. The summed E-state index contributed by atoms with van der Waals surface area (Å²) in [5.41, 5.74) is 0.946. The minimum absolute atomic E-state index is 0.387. The molecule has 4 rings (SSSR count). The van der Waals surface area contributed by atoms with E-state index in [-0.39, 0.29) is 0 Å². The number of hydrogen-bond donors (Lipinski definition) is 2. The summed E-state index contributed by atoms with van der Waals surface area (Å²) in [6, 6.07) is 16.9. The molecule has 8 heteroatoms. The van der Waals surface area contributed by atoms with E-state index in [0.29, 0.717) is 42.0 Å². The predicted molar refractivity (Wildman–Crippen MR) is 145 cm³/mol. The van der Waals surface area contributed by atoms with Crippen molar-refractivity contribution in [1.29, 1.82) is 0 Å². The van der Waals surface area contributed by atoms with Gasteiger partial charge < -0.3 is 14.4 Å². The number of nitrogens with zero attached hydrogens (tertiary/aromatic N) is 2. The molecule has 0 amide bonds. The summed E-state index contributed by atoms with van der Waals surface area (Å²) >= 11 is 6.33. The summed E-state index contributed by atoms with van der Waals surface area (Å²) in [6.45, 7) is 9.37. The molecule has 0 saturated carbocycles. The first kappa shape index (κ1) is 26.1. The van der Waals surface area contributed by atoms with Crippen LogP contribution in [0.15, 0.2) is 59.5 Å². The molecular weight excluding hydrogens is 484 g/mol. The van der Waals surface area contributed by atoms with Gasteiger partial charge in [0.2, 0.25) is 0 Å². The van der Waals surface area contributed by atoms with Crippen LogP contribution in [-0.4, -0.2) is 57.7 Å². The van der Waals surface area contributed by atoms with Crippen molar-refractivity contribution in [2.75, 3.05) is 39.4 Å². The average Bonchev–Trinajstić information content (AvgIpc) is 2.88. The van der Waals surface area contributed by atoms with E-state index in [1.165, 1.54) is 0 Å². The highest BCUT2D eigenvalue weighted by Crippen LogP contribution is 2.53. The van der Waals surface area contributed by atoms with Crippen LogP contribution in [0, 0.1) is 0 Å². The van der Waals surface area contributed by atoms with Gasteiger partial charge in [-0.3, -0.25) is 9.11 Å². The average molecular weight is 519 g/mol. The molecule has 3 aromatic rings. The van der Waals surface area contributed by atoms with Crippen LogP contribution in [0.2, 0.25) is 5.02 Å². The maximum absolute atomic E-state index is 11.5. The first-order valence-electron chi connectivity index (χ1n) is 12.2. The van der Waals surface area contributed by atoms with E-state index in [1.54, 1.807) is 10.4 Å². The highest BCUT2D eigenvalue weighted by atomic mass is 35.5. The third-order valence-electron chi connectivity index (χ3n) is 6.47. The fourth-order valence-electron chi connectivity index (χ4n) is 4.39. The molecule has 35 heavy (non-hydrogen) atoms. The van der Waals surface area contributed by atoms with Crippen LogP contribution in [0.25, 0.3) is 10.8 Å². The minimum Gasteiger partial charge on any atom is -0.486 e. The van der Waals surface area contributed by atoms with Gasteiger partial charge in [-0.25, -0.2) is 0 Å². The Morgan fingerprint density at radius 1 is 0.886 bits per heavy atom. The molecule has 190 valence electrons. The van der Waals surface area contributed by atoms with Gasteiger partial charge in [0.25, 0.3) is 0 Å². The number of rotatable bonds is 11. The molecule has 0 bridgehead atoms. The van der Waals surface area contributed by atoms with Crippen molar-refractivity contribution in [3.8, 4) is 11.5 Å². The SMILES string of the molecule is CCN(CC)CCCCN(Cc1ccc2c(c1)OCCO2)S(O)(O)c1ccc2c(Cl)cccc2c1.